The Hall–Kier alpha value is -2.26. The predicted molar refractivity (Wildman–Crippen MR) is 92.1 cm³/mol. The quantitative estimate of drug-likeness (QED) is 0.800. The number of aromatic nitrogens is 2. The molecule has 3 heterocycles. The molecule has 0 radical (unpaired) electrons. The second-order valence-electron chi connectivity index (χ2n) is 6.72. The molecule has 138 valence electrons. The topological polar surface area (TPSA) is 96.6 Å². The molecule has 2 saturated heterocycles. The third-order valence-electron chi connectivity index (χ3n) is 4.87. The van der Waals surface area contributed by atoms with Crippen molar-refractivity contribution in [3.63, 3.8) is 0 Å². The standard InChI is InChI=1S/C17H20N4O4S/c1-12-18-16(25-19-12)14-10-20(11-14)17(22)13-4-6-15(7-5-13)26(23,24)21-8-2-3-9-21/h4-7,14H,2-3,8-11H2,1H3. The number of likely N-dealkylation sites (tertiary alicyclic amines) is 1. The summed E-state index contributed by atoms with van der Waals surface area (Å²) in [6.07, 6.45) is 1.79. The molecule has 8 nitrogen and oxygen atoms in total. The first-order chi connectivity index (χ1) is 12.4. The predicted octanol–water partition coefficient (Wildman–Crippen LogP) is 1.40. The molecule has 0 atom stereocenters. The van der Waals surface area contributed by atoms with Crippen LogP contribution in [0.4, 0.5) is 0 Å². The van der Waals surface area contributed by atoms with Crippen LogP contribution < -0.4 is 0 Å². The largest absolute Gasteiger partial charge is 0.339 e. The van der Waals surface area contributed by atoms with Crippen LogP contribution in [0, 0.1) is 6.92 Å². The second-order valence-corrected chi connectivity index (χ2v) is 8.66. The van der Waals surface area contributed by atoms with Gasteiger partial charge in [-0.1, -0.05) is 5.16 Å². The lowest BCUT2D eigenvalue weighted by Gasteiger charge is -2.37. The minimum Gasteiger partial charge on any atom is -0.339 e. The Morgan fingerprint density at radius 1 is 1.15 bits per heavy atom. The zero-order valence-electron chi connectivity index (χ0n) is 14.5. The highest BCUT2D eigenvalue weighted by Crippen LogP contribution is 2.28. The molecule has 2 aliphatic rings. The van der Waals surface area contributed by atoms with Crippen molar-refractivity contribution >= 4 is 15.9 Å². The first-order valence-corrected chi connectivity index (χ1v) is 10.1. The zero-order chi connectivity index (χ0) is 18.3. The monoisotopic (exact) mass is 376 g/mol. The molecular weight excluding hydrogens is 356 g/mol. The molecule has 4 rings (SSSR count). The summed E-state index contributed by atoms with van der Waals surface area (Å²) in [5.74, 6) is 1.08. The fourth-order valence-electron chi connectivity index (χ4n) is 3.31. The van der Waals surface area contributed by atoms with E-state index in [9.17, 15) is 13.2 Å². The molecule has 2 aromatic rings. The van der Waals surface area contributed by atoms with Crippen molar-refractivity contribution in [1.29, 1.82) is 0 Å². The number of nitrogens with zero attached hydrogens (tertiary/aromatic N) is 4. The lowest BCUT2D eigenvalue weighted by molar-refractivity contribution is 0.0569. The number of amides is 1. The Morgan fingerprint density at radius 3 is 2.38 bits per heavy atom. The van der Waals surface area contributed by atoms with Crippen LogP contribution in [0.2, 0.25) is 0 Å². The fraction of sp³-hybridized carbons (Fsp3) is 0.471. The van der Waals surface area contributed by atoms with Gasteiger partial charge in [-0.2, -0.15) is 9.29 Å². The summed E-state index contributed by atoms with van der Waals surface area (Å²) in [6.45, 7) is 3.93. The Kier molecular flexibility index (Phi) is 4.28. The first-order valence-electron chi connectivity index (χ1n) is 8.65. The summed E-state index contributed by atoms with van der Waals surface area (Å²) in [6, 6.07) is 6.18. The van der Waals surface area contributed by atoms with E-state index in [1.54, 1.807) is 24.0 Å². The Labute approximate surface area is 151 Å². The summed E-state index contributed by atoms with van der Waals surface area (Å²) in [4.78, 5) is 18.6. The molecule has 9 heteroatoms. The van der Waals surface area contributed by atoms with Crippen molar-refractivity contribution in [3.8, 4) is 0 Å². The highest BCUT2D eigenvalue weighted by Gasteiger charge is 2.36. The average molecular weight is 376 g/mol. The normalized spacial score (nSPS) is 18.9. The smallest absolute Gasteiger partial charge is 0.253 e. The molecule has 2 fully saturated rings. The maximum atomic E-state index is 12.5. The lowest BCUT2D eigenvalue weighted by Crippen LogP contribution is -2.48. The van der Waals surface area contributed by atoms with Gasteiger partial charge in [0.25, 0.3) is 5.91 Å². The van der Waals surface area contributed by atoms with E-state index in [1.165, 1.54) is 16.4 Å². The van der Waals surface area contributed by atoms with Crippen LogP contribution in [0.25, 0.3) is 0 Å². The molecule has 2 aliphatic heterocycles. The second kappa shape index (κ2) is 6.48. The van der Waals surface area contributed by atoms with Gasteiger partial charge in [0.15, 0.2) is 5.82 Å². The van der Waals surface area contributed by atoms with Gasteiger partial charge < -0.3 is 9.42 Å². The number of carbonyl (C=O) groups excluding carboxylic acids is 1. The van der Waals surface area contributed by atoms with Crippen LogP contribution in [0.15, 0.2) is 33.7 Å². The van der Waals surface area contributed by atoms with Crippen LogP contribution in [0.3, 0.4) is 0 Å². The van der Waals surface area contributed by atoms with Crippen molar-refractivity contribution in [2.45, 2.75) is 30.6 Å². The number of benzene rings is 1. The van der Waals surface area contributed by atoms with Crippen molar-refractivity contribution in [2.75, 3.05) is 26.2 Å². The zero-order valence-corrected chi connectivity index (χ0v) is 15.3. The maximum Gasteiger partial charge on any atom is 0.253 e. The summed E-state index contributed by atoms with van der Waals surface area (Å²) >= 11 is 0. The summed E-state index contributed by atoms with van der Waals surface area (Å²) in [5, 5.41) is 3.76. The molecule has 0 spiro atoms. The van der Waals surface area contributed by atoms with Gasteiger partial charge in [0.2, 0.25) is 15.9 Å². The van der Waals surface area contributed by atoms with E-state index in [4.69, 9.17) is 4.52 Å². The molecule has 0 bridgehead atoms. The highest BCUT2D eigenvalue weighted by atomic mass is 32.2. The van der Waals surface area contributed by atoms with Gasteiger partial charge in [0, 0.05) is 31.7 Å². The first kappa shape index (κ1) is 17.2. The number of sulfonamides is 1. The van der Waals surface area contributed by atoms with Crippen LogP contribution in [-0.2, 0) is 10.0 Å². The molecule has 0 unspecified atom stereocenters. The van der Waals surface area contributed by atoms with Crippen LogP contribution in [-0.4, -0.2) is 59.8 Å². The number of aryl methyl sites for hydroxylation is 1. The third-order valence-corrected chi connectivity index (χ3v) is 6.78. The van der Waals surface area contributed by atoms with Crippen LogP contribution in [0.1, 0.15) is 40.8 Å². The van der Waals surface area contributed by atoms with Gasteiger partial charge in [-0.15, -0.1) is 0 Å². The van der Waals surface area contributed by atoms with Crippen molar-refractivity contribution in [2.24, 2.45) is 0 Å². The Morgan fingerprint density at radius 2 is 1.81 bits per heavy atom. The number of carbonyl (C=O) groups is 1. The molecule has 0 saturated carbocycles. The maximum absolute atomic E-state index is 12.5. The van der Waals surface area contributed by atoms with Gasteiger partial charge >= 0.3 is 0 Å². The summed E-state index contributed by atoms with van der Waals surface area (Å²) in [5.41, 5.74) is 0.477. The van der Waals surface area contributed by atoms with E-state index < -0.39 is 10.0 Å². The molecular formula is C17H20N4O4S. The van der Waals surface area contributed by atoms with Gasteiger partial charge in [-0.05, 0) is 44.0 Å². The number of rotatable bonds is 4. The minimum absolute atomic E-state index is 0.0648. The lowest BCUT2D eigenvalue weighted by atomic mass is 9.99. The van der Waals surface area contributed by atoms with Gasteiger partial charge in [0.1, 0.15) is 0 Å². The van der Waals surface area contributed by atoms with E-state index in [2.05, 4.69) is 10.1 Å². The van der Waals surface area contributed by atoms with E-state index in [-0.39, 0.29) is 16.7 Å². The van der Waals surface area contributed by atoms with Crippen LogP contribution in [0.5, 0.6) is 0 Å². The van der Waals surface area contributed by atoms with E-state index in [0.29, 0.717) is 43.5 Å². The number of hydrogen-bond donors (Lipinski definition) is 0. The molecule has 1 amide bonds. The molecule has 1 aromatic heterocycles. The summed E-state index contributed by atoms with van der Waals surface area (Å²) < 4.78 is 31.7. The van der Waals surface area contributed by atoms with Crippen molar-refractivity contribution < 1.29 is 17.7 Å². The Bertz CT molecular complexity index is 910. The van der Waals surface area contributed by atoms with Crippen molar-refractivity contribution in [3.05, 3.63) is 41.5 Å². The Balaban J connectivity index is 1.42. The fourth-order valence-corrected chi connectivity index (χ4v) is 4.83. The van der Waals surface area contributed by atoms with Gasteiger partial charge in [-0.3, -0.25) is 4.79 Å². The molecule has 0 aliphatic carbocycles. The number of hydrogen-bond acceptors (Lipinski definition) is 6. The van der Waals surface area contributed by atoms with Gasteiger partial charge in [-0.25, -0.2) is 8.42 Å². The van der Waals surface area contributed by atoms with E-state index >= 15 is 0 Å². The van der Waals surface area contributed by atoms with E-state index in [1.807, 2.05) is 0 Å². The van der Waals surface area contributed by atoms with E-state index in [0.717, 1.165) is 12.8 Å². The van der Waals surface area contributed by atoms with Gasteiger partial charge in [0.05, 0.1) is 10.8 Å². The third kappa shape index (κ3) is 3.01. The molecule has 26 heavy (non-hydrogen) atoms. The average Bonchev–Trinajstić information content (AvgIpc) is 3.26. The molecule has 1 aromatic carbocycles. The van der Waals surface area contributed by atoms with Crippen LogP contribution >= 0.6 is 0 Å². The highest BCUT2D eigenvalue weighted by molar-refractivity contribution is 7.89. The SMILES string of the molecule is Cc1noc(C2CN(C(=O)c3ccc(S(=O)(=O)N4CCCC4)cc3)C2)n1. The summed E-state index contributed by atoms with van der Waals surface area (Å²) in [7, 11) is -3.45. The minimum atomic E-state index is -3.45. The molecule has 0 N–H and O–H groups in total. The van der Waals surface area contributed by atoms with Crippen molar-refractivity contribution in [1.82, 2.24) is 19.3 Å².